The second-order valence-corrected chi connectivity index (χ2v) is 4.33. The molecule has 1 saturated heterocycles. The van der Waals surface area contributed by atoms with Gasteiger partial charge >= 0.3 is 6.09 Å². The predicted molar refractivity (Wildman–Crippen MR) is 69.6 cm³/mol. The highest BCUT2D eigenvalue weighted by Crippen LogP contribution is 2.01. The number of ether oxygens (including phenoxy) is 3. The first-order valence-electron chi connectivity index (χ1n) is 6.58. The minimum atomic E-state index is -0.830. The quantitative estimate of drug-likeness (QED) is 0.596. The van der Waals surface area contributed by atoms with Gasteiger partial charge in [0.1, 0.15) is 0 Å². The average Bonchev–Trinajstić information content (AvgIpc) is 2.42. The minimum absolute atomic E-state index is 0.579. The zero-order valence-electron chi connectivity index (χ0n) is 11.5. The summed E-state index contributed by atoms with van der Waals surface area (Å²) in [5.74, 6) is 0. The van der Waals surface area contributed by atoms with E-state index >= 15 is 0 Å². The number of hydrogen-bond donors (Lipinski definition) is 1. The summed E-state index contributed by atoms with van der Waals surface area (Å²) >= 11 is 0. The molecule has 1 N–H and O–H groups in total. The van der Waals surface area contributed by atoms with E-state index in [4.69, 9.17) is 19.3 Å². The Balaban J connectivity index is 1.89. The Labute approximate surface area is 114 Å². The summed E-state index contributed by atoms with van der Waals surface area (Å²) in [6.07, 6.45) is -0.830. The van der Waals surface area contributed by atoms with Crippen molar-refractivity contribution in [1.29, 1.82) is 0 Å². The highest BCUT2D eigenvalue weighted by molar-refractivity contribution is 5.65. The summed E-state index contributed by atoms with van der Waals surface area (Å²) in [6.45, 7) is 6.57. The van der Waals surface area contributed by atoms with Crippen LogP contribution < -0.4 is 0 Å². The monoisotopic (exact) mass is 276 g/mol. The van der Waals surface area contributed by atoms with Gasteiger partial charge in [-0.2, -0.15) is 0 Å². The molecule has 1 rings (SSSR count). The van der Waals surface area contributed by atoms with E-state index in [-0.39, 0.29) is 0 Å². The number of amides is 1. The maximum absolute atomic E-state index is 10.7. The third-order valence-electron chi connectivity index (χ3n) is 3.00. The molecule has 0 bridgehead atoms. The molecule has 0 saturated carbocycles. The van der Waals surface area contributed by atoms with Crippen LogP contribution in [-0.2, 0) is 14.2 Å². The normalized spacial score (nSPS) is 16.8. The SMILES string of the molecule is COCCOCCOCCN1CCN(C(=O)O)CC1. The van der Waals surface area contributed by atoms with Gasteiger partial charge in [-0.15, -0.1) is 0 Å². The van der Waals surface area contributed by atoms with E-state index in [1.54, 1.807) is 7.11 Å². The fraction of sp³-hybridized carbons (Fsp3) is 0.917. The van der Waals surface area contributed by atoms with Crippen molar-refractivity contribution in [2.24, 2.45) is 0 Å². The van der Waals surface area contributed by atoms with E-state index in [1.165, 1.54) is 4.90 Å². The number of piperazine rings is 1. The van der Waals surface area contributed by atoms with Gasteiger partial charge in [-0.3, -0.25) is 4.90 Å². The van der Waals surface area contributed by atoms with Crippen LogP contribution in [0.15, 0.2) is 0 Å². The minimum Gasteiger partial charge on any atom is -0.465 e. The smallest absolute Gasteiger partial charge is 0.407 e. The molecule has 112 valence electrons. The molecule has 1 aliphatic heterocycles. The fourth-order valence-corrected chi connectivity index (χ4v) is 1.82. The molecule has 7 nitrogen and oxygen atoms in total. The number of hydrogen-bond acceptors (Lipinski definition) is 5. The Kier molecular flexibility index (Phi) is 8.48. The Morgan fingerprint density at radius 1 is 1.00 bits per heavy atom. The van der Waals surface area contributed by atoms with Gasteiger partial charge in [0.15, 0.2) is 0 Å². The first-order chi connectivity index (χ1) is 9.24. The van der Waals surface area contributed by atoms with Crippen LogP contribution in [0.1, 0.15) is 0 Å². The van der Waals surface area contributed by atoms with Crippen LogP contribution in [-0.4, -0.2) is 93.9 Å². The molecule has 0 radical (unpaired) electrons. The average molecular weight is 276 g/mol. The van der Waals surface area contributed by atoms with Crippen LogP contribution in [0.25, 0.3) is 0 Å². The zero-order chi connectivity index (χ0) is 13.9. The predicted octanol–water partition coefficient (Wildman–Crippen LogP) is -0.0384. The van der Waals surface area contributed by atoms with E-state index in [0.29, 0.717) is 46.1 Å². The summed E-state index contributed by atoms with van der Waals surface area (Å²) in [5, 5.41) is 8.82. The Morgan fingerprint density at radius 3 is 2.16 bits per heavy atom. The first kappa shape index (κ1) is 16.2. The van der Waals surface area contributed by atoms with Gasteiger partial charge in [0.2, 0.25) is 0 Å². The molecule has 0 atom stereocenters. The van der Waals surface area contributed by atoms with Gasteiger partial charge in [-0.25, -0.2) is 4.79 Å². The molecule has 7 heteroatoms. The van der Waals surface area contributed by atoms with Crippen LogP contribution in [0.5, 0.6) is 0 Å². The van der Waals surface area contributed by atoms with Crippen molar-refractivity contribution in [3.05, 3.63) is 0 Å². The first-order valence-corrected chi connectivity index (χ1v) is 6.58. The number of rotatable bonds is 9. The maximum atomic E-state index is 10.7. The molecule has 19 heavy (non-hydrogen) atoms. The fourth-order valence-electron chi connectivity index (χ4n) is 1.82. The van der Waals surface area contributed by atoms with E-state index in [2.05, 4.69) is 4.90 Å². The third kappa shape index (κ3) is 7.31. The summed E-state index contributed by atoms with van der Waals surface area (Å²) < 4.78 is 15.6. The lowest BCUT2D eigenvalue weighted by Crippen LogP contribution is -2.49. The molecule has 0 aromatic rings. The molecule has 1 fully saturated rings. The standard InChI is InChI=1S/C12H24N2O5/c1-17-8-9-19-11-10-18-7-6-13-2-4-14(5-3-13)12(15)16/h2-11H2,1H3,(H,15,16). The molecule has 0 unspecified atom stereocenters. The molecule has 1 heterocycles. The summed E-state index contributed by atoms with van der Waals surface area (Å²) in [5.41, 5.74) is 0. The highest BCUT2D eigenvalue weighted by Gasteiger charge is 2.19. The molecule has 0 aromatic heterocycles. The largest absolute Gasteiger partial charge is 0.465 e. The maximum Gasteiger partial charge on any atom is 0.407 e. The van der Waals surface area contributed by atoms with E-state index in [0.717, 1.165) is 19.6 Å². The lowest BCUT2D eigenvalue weighted by molar-refractivity contribution is 0.0161. The van der Waals surface area contributed by atoms with Crippen molar-refractivity contribution in [2.45, 2.75) is 0 Å². The number of nitrogens with zero attached hydrogens (tertiary/aromatic N) is 2. The molecular weight excluding hydrogens is 252 g/mol. The number of methoxy groups -OCH3 is 1. The highest BCUT2D eigenvalue weighted by atomic mass is 16.5. The van der Waals surface area contributed by atoms with Crippen molar-refractivity contribution >= 4 is 6.09 Å². The van der Waals surface area contributed by atoms with E-state index in [9.17, 15) is 4.79 Å². The lowest BCUT2D eigenvalue weighted by Gasteiger charge is -2.32. The summed E-state index contributed by atoms with van der Waals surface area (Å²) in [4.78, 5) is 14.4. The van der Waals surface area contributed by atoms with Gasteiger partial charge in [-0.05, 0) is 0 Å². The molecule has 1 aliphatic rings. The molecule has 0 aliphatic carbocycles. The van der Waals surface area contributed by atoms with Crippen LogP contribution >= 0.6 is 0 Å². The van der Waals surface area contributed by atoms with Crippen molar-refractivity contribution in [3.8, 4) is 0 Å². The van der Waals surface area contributed by atoms with Crippen LogP contribution in [0.4, 0.5) is 4.79 Å². The molecule has 1 amide bonds. The van der Waals surface area contributed by atoms with Gasteiger partial charge in [-0.1, -0.05) is 0 Å². The lowest BCUT2D eigenvalue weighted by atomic mass is 10.3. The Hall–Kier alpha value is -0.890. The Morgan fingerprint density at radius 2 is 1.58 bits per heavy atom. The second kappa shape index (κ2) is 9.96. The van der Waals surface area contributed by atoms with Crippen molar-refractivity contribution in [3.63, 3.8) is 0 Å². The summed E-state index contributed by atoms with van der Waals surface area (Å²) in [7, 11) is 1.64. The van der Waals surface area contributed by atoms with Gasteiger partial charge < -0.3 is 24.2 Å². The summed E-state index contributed by atoms with van der Waals surface area (Å²) in [6, 6.07) is 0. The van der Waals surface area contributed by atoms with Gasteiger partial charge in [0.05, 0.1) is 33.0 Å². The zero-order valence-corrected chi connectivity index (χ0v) is 11.5. The van der Waals surface area contributed by atoms with Gasteiger partial charge in [0.25, 0.3) is 0 Å². The molecular formula is C12H24N2O5. The van der Waals surface area contributed by atoms with Crippen LogP contribution in [0, 0.1) is 0 Å². The van der Waals surface area contributed by atoms with Crippen molar-refractivity contribution in [2.75, 3.05) is 72.9 Å². The van der Waals surface area contributed by atoms with Crippen molar-refractivity contribution in [1.82, 2.24) is 9.80 Å². The van der Waals surface area contributed by atoms with E-state index in [1.807, 2.05) is 0 Å². The van der Waals surface area contributed by atoms with Crippen molar-refractivity contribution < 1.29 is 24.1 Å². The van der Waals surface area contributed by atoms with Gasteiger partial charge in [0, 0.05) is 39.8 Å². The third-order valence-corrected chi connectivity index (χ3v) is 3.00. The van der Waals surface area contributed by atoms with Crippen LogP contribution in [0.3, 0.4) is 0 Å². The molecule has 0 spiro atoms. The number of carbonyl (C=O) groups is 1. The second-order valence-electron chi connectivity index (χ2n) is 4.33. The molecule has 0 aromatic carbocycles. The van der Waals surface area contributed by atoms with Crippen LogP contribution in [0.2, 0.25) is 0 Å². The van der Waals surface area contributed by atoms with E-state index < -0.39 is 6.09 Å². The number of carboxylic acid groups (broad SMARTS) is 1. The topological polar surface area (TPSA) is 71.5 Å². The Bertz CT molecular complexity index is 244.